The van der Waals surface area contributed by atoms with Gasteiger partial charge >= 0.3 is 0 Å². The van der Waals surface area contributed by atoms with Crippen LogP contribution in [-0.4, -0.2) is 47.5 Å². The monoisotopic (exact) mass is 291 g/mol. The van der Waals surface area contributed by atoms with Gasteiger partial charge in [0.15, 0.2) is 0 Å². The van der Waals surface area contributed by atoms with Crippen LogP contribution in [0.15, 0.2) is 30.2 Å². The van der Waals surface area contributed by atoms with Crippen LogP contribution < -0.4 is 5.32 Å². The number of nitrogens with one attached hydrogen (secondary N) is 1. The first-order valence-electron chi connectivity index (χ1n) is 6.66. The Morgan fingerprint density at radius 2 is 2.05 bits per heavy atom. The fourth-order valence-electron chi connectivity index (χ4n) is 2.40. The van der Waals surface area contributed by atoms with Crippen molar-refractivity contribution in [1.82, 2.24) is 15.2 Å². The molecule has 1 fully saturated rings. The Labute approximate surface area is 122 Å². The molecule has 20 heavy (non-hydrogen) atoms. The maximum absolute atomic E-state index is 12.2. The second-order valence-corrected chi connectivity index (χ2v) is 5.89. The molecule has 0 spiro atoms. The zero-order valence-electron chi connectivity index (χ0n) is 11.3. The van der Waals surface area contributed by atoms with Crippen molar-refractivity contribution >= 4 is 22.6 Å². The van der Waals surface area contributed by atoms with Crippen molar-refractivity contribution in [3.05, 3.63) is 35.8 Å². The maximum atomic E-state index is 12.2. The van der Waals surface area contributed by atoms with E-state index < -0.39 is 0 Å². The Balaban J connectivity index is 1.84. The van der Waals surface area contributed by atoms with Crippen molar-refractivity contribution in [2.45, 2.75) is 12.3 Å². The Bertz CT molecular complexity index is 526. The summed E-state index contributed by atoms with van der Waals surface area (Å²) in [6, 6.07) is 3.94. The summed E-state index contributed by atoms with van der Waals surface area (Å²) in [5.74, 6) is 0.0622. The summed E-state index contributed by atoms with van der Waals surface area (Å²) in [6.45, 7) is 4.92. The van der Waals surface area contributed by atoms with Crippen LogP contribution in [0.2, 0.25) is 0 Å². The molecule has 0 radical (unpaired) electrons. The molecular formula is C14H17N3O2S. The van der Waals surface area contributed by atoms with Gasteiger partial charge in [-0.05, 0) is 24.6 Å². The SMILES string of the molecule is CC1=C(c2ccncc2)SC(N2CCOCC2)C(=O)N1. The van der Waals surface area contributed by atoms with Crippen LogP contribution in [0.3, 0.4) is 0 Å². The molecule has 2 aliphatic rings. The van der Waals surface area contributed by atoms with Crippen LogP contribution in [0.5, 0.6) is 0 Å². The molecule has 0 aliphatic carbocycles. The summed E-state index contributed by atoms with van der Waals surface area (Å²) in [6.07, 6.45) is 3.55. The highest BCUT2D eigenvalue weighted by atomic mass is 32.2. The molecule has 0 saturated carbocycles. The molecule has 2 aliphatic heterocycles. The molecule has 5 nitrogen and oxygen atoms in total. The molecule has 3 rings (SSSR count). The predicted molar refractivity (Wildman–Crippen MR) is 78.7 cm³/mol. The fourth-order valence-corrected chi connectivity index (χ4v) is 3.65. The first-order chi connectivity index (χ1) is 9.75. The van der Waals surface area contributed by atoms with Crippen LogP contribution in [0.4, 0.5) is 0 Å². The van der Waals surface area contributed by atoms with Gasteiger partial charge in [-0.1, -0.05) is 11.8 Å². The van der Waals surface area contributed by atoms with Crippen molar-refractivity contribution in [2.75, 3.05) is 26.3 Å². The smallest absolute Gasteiger partial charge is 0.252 e. The molecule has 3 heterocycles. The van der Waals surface area contributed by atoms with Crippen LogP contribution >= 0.6 is 11.8 Å². The highest BCUT2D eigenvalue weighted by Gasteiger charge is 2.33. The van der Waals surface area contributed by atoms with Gasteiger partial charge in [0, 0.05) is 36.1 Å². The largest absolute Gasteiger partial charge is 0.379 e. The standard InChI is InChI=1S/C14H17N3O2S/c1-10-12(11-2-4-15-5-3-11)20-14(13(18)16-10)17-6-8-19-9-7-17/h2-5,14H,6-9H2,1H3,(H,16,18). The summed E-state index contributed by atoms with van der Waals surface area (Å²) < 4.78 is 5.36. The van der Waals surface area contributed by atoms with Crippen molar-refractivity contribution in [3.63, 3.8) is 0 Å². The summed E-state index contributed by atoms with van der Waals surface area (Å²) >= 11 is 1.62. The molecule has 1 atom stereocenters. The number of amides is 1. The number of aromatic nitrogens is 1. The Morgan fingerprint density at radius 3 is 2.75 bits per heavy atom. The Morgan fingerprint density at radius 1 is 1.35 bits per heavy atom. The van der Waals surface area contributed by atoms with Gasteiger partial charge in [0.1, 0.15) is 5.37 Å². The van der Waals surface area contributed by atoms with E-state index in [4.69, 9.17) is 4.74 Å². The summed E-state index contributed by atoms with van der Waals surface area (Å²) in [5, 5.41) is 2.82. The molecule has 0 bridgehead atoms. The number of hydrogen-bond acceptors (Lipinski definition) is 5. The number of rotatable bonds is 2. The van der Waals surface area contributed by atoms with Crippen LogP contribution in [0.25, 0.3) is 4.91 Å². The molecule has 1 aromatic heterocycles. The molecule has 6 heteroatoms. The quantitative estimate of drug-likeness (QED) is 0.890. The van der Waals surface area contributed by atoms with Gasteiger partial charge in [-0.15, -0.1) is 0 Å². The third-order valence-electron chi connectivity index (χ3n) is 3.42. The molecule has 1 N–H and O–H groups in total. The Hall–Kier alpha value is -1.37. The minimum Gasteiger partial charge on any atom is -0.379 e. The minimum atomic E-state index is -0.175. The van der Waals surface area contributed by atoms with E-state index in [0.29, 0.717) is 13.2 Å². The van der Waals surface area contributed by atoms with Gasteiger partial charge in [0.25, 0.3) is 5.91 Å². The van der Waals surface area contributed by atoms with E-state index in [0.717, 1.165) is 29.3 Å². The van der Waals surface area contributed by atoms with Crippen molar-refractivity contribution < 1.29 is 9.53 Å². The number of ether oxygens (including phenoxy) is 1. The van der Waals surface area contributed by atoms with Gasteiger partial charge < -0.3 is 10.1 Å². The first kappa shape index (κ1) is 13.6. The normalized spacial score (nSPS) is 24.6. The maximum Gasteiger partial charge on any atom is 0.252 e. The van der Waals surface area contributed by atoms with Crippen LogP contribution in [-0.2, 0) is 9.53 Å². The number of hydrogen-bond donors (Lipinski definition) is 1. The second-order valence-electron chi connectivity index (χ2n) is 4.80. The summed E-state index contributed by atoms with van der Waals surface area (Å²) in [5.41, 5.74) is 2.01. The van der Waals surface area contributed by atoms with Gasteiger partial charge in [-0.3, -0.25) is 14.7 Å². The summed E-state index contributed by atoms with van der Waals surface area (Å²) in [4.78, 5) is 19.6. The van der Waals surface area contributed by atoms with E-state index in [-0.39, 0.29) is 11.3 Å². The zero-order chi connectivity index (χ0) is 13.9. The van der Waals surface area contributed by atoms with Crippen molar-refractivity contribution in [1.29, 1.82) is 0 Å². The van der Waals surface area contributed by atoms with E-state index >= 15 is 0 Å². The number of allylic oxidation sites excluding steroid dienone is 1. The number of carbonyl (C=O) groups excluding carboxylic acids is 1. The molecular weight excluding hydrogens is 274 g/mol. The van der Waals surface area contributed by atoms with E-state index in [1.54, 1.807) is 24.2 Å². The Kier molecular flexibility index (Phi) is 4.05. The molecule has 1 amide bonds. The summed E-state index contributed by atoms with van der Waals surface area (Å²) in [7, 11) is 0. The predicted octanol–water partition coefficient (Wildman–Crippen LogP) is 1.29. The third kappa shape index (κ3) is 2.72. The topological polar surface area (TPSA) is 54.5 Å². The lowest BCUT2D eigenvalue weighted by molar-refractivity contribution is -0.124. The number of pyridine rings is 1. The van der Waals surface area contributed by atoms with Gasteiger partial charge in [-0.25, -0.2) is 0 Å². The van der Waals surface area contributed by atoms with Gasteiger partial charge in [-0.2, -0.15) is 0 Å². The highest BCUT2D eigenvalue weighted by Crippen LogP contribution is 2.37. The van der Waals surface area contributed by atoms with Crippen LogP contribution in [0, 0.1) is 0 Å². The van der Waals surface area contributed by atoms with Crippen LogP contribution in [0.1, 0.15) is 12.5 Å². The lowest BCUT2D eigenvalue weighted by Crippen LogP contribution is -2.50. The fraction of sp³-hybridized carbons (Fsp3) is 0.429. The average molecular weight is 291 g/mol. The first-order valence-corrected chi connectivity index (χ1v) is 7.54. The molecule has 1 saturated heterocycles. The molecule has 1 unspecified atom stereocenters. The lowest BCUT2D eigenvalue weighted by atomic mass is 10.2. The molecule has 1 aromatic rings. The number of carbonyl (C=O) groups is 1. The van der Waals surface area contributed by atoms with Gasteiger partial charge in [0.2, 0.25) is 0 Å². The zero-order valence-corrected chi connectivity index (χ0v) is 12.2. The minimum absolute atomic E-state index is 0.0622. The lowest BCUT2D eigenvalue weighted by Gasteiger charge is -2.36. The van der Waals surface area contributed by atoms with Crippen molar-refractivity contribution in [3.8, 4) is 0 Å². The highest BCUT2D eigenvalue weighted by molar-refractivity contribution is 8.09. The van der Waals surface area contributed by atoms with E-state index in [1.165, 1.54) is 0 Å². The number of morpholine rings is 1. The molecule has 0 aromatic carbocycles. The van der Waals surface area contributed by atoms with E-state index in [1.807, 2.05) is 19.1 Å². The number of nitrogens with zero attached hydrogens (tertiary/aromatic N) is 2. The van der Waals surface area contributed by atoms with Gasteiger partial charge in [0.05, 0.1) is 13.2 Å². The third-order valence-corrected chi connectivity index (χ3v) is 4.94. The van der Waals surface area contributed by atoms with E-state index in [2.05, 4.69) is 15.2 Å². The van der Waals surface area contributed by atoms with E-state index in [9.17, 15) is 4.79 Å². The van der Waals surface area contributed by atoms with Crippen molar-refractivity contribution in [2.24, 2.45) is 0 Å². The average Bonchev–Trinajstić information content (AvgIpc) is 2.49. The molecule has 106 valence electrons. The number of thioether (sulfide) groups is 1. The second kappa shape index (κ2) is 5.95.